The van der Waals surface area contributed by atoms with E-state index in [9.17, 15) is 0 Å². The van der Waals surface area contributed by atoms with E-state index < -0.39 is 5.79 Å². The van der Waals surface area contributed by atoms with Gasteiger partial charge in [-0.15, -0.1) is 0 Å². The summed E-state index contributed by atoms with van der Waals surface area (Å²) < 4.78 is 23.9. The zero-order valence-electron chi connectivity index (χ0n) is 23.6. The molecule has 0 amide bonds. The molecule has 41 heavy (non-hydrogen) atoms. The van der Waals surface area contributed by atoms with Crippen molar-refractivity contribution in [1.29, 1.82) is 0 Å². The molecule has 3 aromatic rings. The van der Waals surface area contributed by atoms with Crippen LogP contribution in [-0.2, 0) is 21.7 Å². The van der Waals surface area contributed by atoms with Crippen molar-refractivity contribution in [2.45, 2.75) is 31.7 Å². The van der Waals surface area contributed by atoms with Crippen molar-refractivity contribution < 1.29 is 18.9 Å². The molecule has 5 rings (SSSR count). The quantitative estimate of drug-likeness (QED) is 0.210. The van der Waals surface area contributed by atoms with Crippen LogP contribution in [0.3, 0.4) is 0 Å². The average molecular weight is 598 g/mol. The van der Waals surface area contributed by atoms with Crippen LogP contribution in [-0.4, -0.2) is 63.5 Å². The van der Waals surface area contributed by atoms with E-state index >= 15 is 0 Å². The summed E-state index contributed by atoms with van der Waals surface area (Å²) in [6.45, 7) is 12.2. The van der Waals surface area contributed by atoms with Crippen molar-refractivity contribution in [2.75, 3.05) is 57.4 Å². The van der Waals surface area contributed by atoms with Crippen LogP contribution in [0.5, 0.6) is 11.5 Å². The third-order valence-corrected chi connectivity index (χ3v) is 8.12. The first-order chi connectivity index (χ1) is 19.9. The van der Waals surface area contributed by atoms with Gasteiger partial charge in [-0.25, -0.2) is 0 Å². The Morgan fingerprint density at radius 3 is 2.54 bits per heavy atom. The Morgan fingerprint density at radius 2 is 1.78 bits per heavy atom. The molecule has 0 aromatic heterocycles. The number of benzene rings is 3. The van der Waals surface area contributed by atoms with Gasteiger partial charge >= 0.3 is 0 Å². The van der Waals surface area contributed by atoms with Crippen molar-refractivity contribution in [3.05, 3.63) is 101 Å². The molecule has 0 saturated carbocycles. The van der Waals surface area contributed by atoms with Crippen LogP contribution in [0.25, 0.3) is 0 Å². The van der Waals surface area contributed by atoms with E-state index in [-0.39, 0.29) is 6.10 Å². The predicted octanol–water partition coefficient (Wildman–Crippen LogP) is 6.98. The number of halogens is 2. The lowest BCUT2D eigenvalue weighted by Crippen LogP contribution is -2.46. The summed E-state index contributed by atoms with van der Waals surface area (Å²) in [5.41, 5.74) is 3.30. The molecule has 2 atom stereocenters. The third kappa shape index (κ3) is 7.97. The van der Waals surface area contributed by atoms with Crippen LogP contribution in [0, 0.1) is 0 Å². The number of hydrogen-bond acceptors (Lipinski definition) is 6. The summed E-state index contributed by atoms with van der Waals surface area (Å²) in [6, 6.07) is 22.0. The number of rotatable bonds is 12. The first-order valence-electron chi connectivity index (χ1n) is 14.2. The Kier molecular flexibility index (Phi) is 10.1. The summed E-state index contributed by atoms with van der Waals surface area (Å²) in [5.74, 6) is 0.802. The van der Waals surface area contributed by atoms with Gasteiger partial charge in [0, 0.05) is 42.5 Å². The molecule has 0 unspecified atom stereocenters. The minimum absolute atomic E-state index is 0.200. The van der Waals surface area contributed by atoms with Gasteiger partial charge in [-0.3, -0.25) is 4.90 Å². The maximum absolute atomic E-state index is 6.38. The molecule has 2 aliphatic heterocycles. The summed E-state index contributed by atoms with van der Waals surface area (Å²) in [7, 11) is 0. The van der Waals surface area contributed by atoms with Gasteiger partial charge < -0.3 is 23.8 Å². The van der Waals surface area contributed by atoms with Crippen LogP contribution in [0.4, 0.5) is 5.69 Å². The van der Waals surface area contributed by atoms with Crippen molar-refractivity contribution >= 4 is 28.9 Å². The van der Waals surface area contributed by atoms with Gasteiger partial charge in [0.25, 0.3) is 0 Å². The zero-order chi connectivity index (χ0) is 28.7. The van der Waals surface area contributed by atoms with Crippen molar-refractivity contribution in [1.82, 2.24) is 4.90 Å². The number of anilines is 1. The molecule has 2 aliphatic rings. The van der Waals surface area contributed by atoms with Gasteiger partial charge in [0.1, 0.15) is 30.8 Å². The minimum atomic E-state index is -0.924. The predicted molar refractivity (Wildman–Crippen MR) is 166 cm³/mol. The largest absolute Gasteiger partial charge is 0.491 e. The van der Waals surface area contributed by atoms with Gasteiger partial charge in [-0.2, -0.15) is 0 Å². The number of hydrogen-bond donors (Lipinski definition) is 0. The van der Waals surface area contributed by atoms with Crippen LogP contribution in [0.15, 0.2) is 79.4 Å². The van der Waals surface area contributed by atoms with Crippen LogP contribution in [0.2, 0.25) is 10.0 Å². The standard InChI is InChI=1S/C33H38Cl2N2O4/c1-3-20-38-29-8-4-6-25(21-29)7-5-15-36-16-18-37(19-17-36)27-10-12-28(13-11-27)39-23-30-24-40-33(2,41-30)31-14-9-26(34)22-32(31)35/h3-4,6,8-14,21-22,30H,1,5,7,15-20,23-24H2,2H3/t30-,33+/m1/s1. The van der Waals surface area contributed by atoms with Gasteiger partial charge in [0.05, 0.1) is 11.6 Å². The maximum Gasteiger partial charge on any atom is 0.194 e. The van der Waals surface area contributed by atoms with E-state index in [0.29, 0.717) is 29.9 Å². The Hall–Kier alpha value is -2.74. The number of ether oxygens (including phenoxy) is 4. The second kappa shape index (κ2) is 14.0. The molecular formula is C33H38Cl2N2O4. The Balaban J connectivity index is 1.02. The van der Waals surface area contributed by atoms with Crippen LogP contribution in [0.1, 0.15) is 24.5 Å². The highest BCUT2D eigenvalue weighted by atomic mass is 35.5. The molecule has 0 radical (unpaired) electrons. The minimum Gasteiger partial charge on any atom is -0.491 e. The van der Waals surface area contributed by atoms with E-state index in [2.05, 4.69) is 46.7 Å². The van der Waals surface area contributed by atoms with Crippen molar-refractivity contribution in [3.63, 3.8) is 0 Å². The molecule has 6 nitrogen and oxygen atoms in total. The second-order valence-electron chi connectivity index (χ2n) is 10.6. The molecule has 2 saturated heterocycles. The third-order valence-electron chi connectivity index (χ3n) is 7.57. The monoisotopic (exact) mass is 596 g/mol. The molecule has 0 spiro atoms. The van der Waals surface area contributed by atoms with Gasteiger partial charge in [-0.1, -0.05) is 54.1 Å². The highest BCUT2D eigenvalue weighted by Crippen LogP contribution is 2.38. The van der Waals surface area contributed by atoms with Crippen molar-refractivity contribution in [3.8, 4) is 11.5 Å². The molecular weight excluding hydrogens is 559 g/mol. The SMILES string of the molecule is C=CCOc1cccc(CCCN2CCN(c3ccc(OC[C@@H]4CO[C@](C)(c5ccc(Cl)cc5Cl)O4)cc3)CC2)c1. The number of nitrogens with zero attached hydrogens (tertiary/aromatic N) is 2. The summed E-state index contributed by atoms with van der Waals surface area (Å²) in [6.07, 6.45) is 3.76. The van der Waals surface area contributed by atoms with Crippen LogP contribution >= 0.6 is 23.2 Å². The van der Waals surface area contributed by atoms with E-state index in [0.717, 1.165) is 62.6 Å². The second-order valence-corrected chi connectivity index (χ2v) is 11.4. The zero-order valence-corrected chi connectivity index (χ0v) is 25.1. The van der Waals surface area contributed by atoms with Gasteiger partial charge in [0.2, 0.25) is 0 Å². The molecule has 2 fully saturated rings. The lowest BCUT2D eigenvalue weighted by atomic mass is 10.1. The molecule has 0 bridgehead atoms. The molecule has 0 N–H and O–H groups in total. The fourth-order valence-corrected chi connectivity index (χ4v) is 5.92. The fraction of sp³-hybridized carbons (Fsp3) is 0.394. The maximum atomic E-state index is 6.38. The Bertz CT molecular complexity index is 1300. The van der Waals surface area contributed by atoms with E-state index in [1.807, 2.05) is 31.2 Å². The fourth-order valence-electron chi connectivity index (χ4n) is 5.34. The number of aryl methyl sites for hydroxylation is 1. The summed E-state index contributed by atoms with van der Waals surface area (Å²) in [4.78, 5) is 5.00. The Labute approximate surface area is 253 Å². The van der Waals surface area contributed by atoms with E-state index in [1.165, 1.54) is 11.3 Å². The highest BCUT2D eigenvalue weighted by Gasteiger charge is 2.40. The number of piperazine rings is 1. The summed E-state index contributed by atoms with van der Waals surface area (Å²) in [5, 5.41) is 1.10. The lowest BCUT2D eigenvalue weighted by molar-refractivity contribution is -0.164. The molecule has 0 aliphatic carbocycles. The average Bonchev–Trinajstić information content (AvgIpc) is 3.37. The van der Waals surface area contributed by atoms with E-state index in [4.69, 9.17) is 42.1 Å². The first kappa shape index (κ1) is 29.7. The normalized spacial score (nSPS) is 21.1. The molecule has 3 aromatic carbocycles. The highest BCUT2D eigenvalue weighted by molar-refractivity contribution is 6.35. The molecule has 218 valence electrons. The topological polar surface area (TPSA) is 43.4 Å². The van der Waals surface area contributed by atoms with Crippen LogP contribution < -0.4 is 14.4 Å². The Morgan fingerprint density at radius 1 is 0.976 bits per heavy atom. The first-order valence-corrected chi connectivity index (χ1v) is 15.0. The van der Waals surface area contributed by atoms with Crippen molar-refractivity contribution in [2.24, 2.45) is 0 Å². The van der Waals surface area contributed by atoms with E-state index in [1.54, 1.807) is 18.2 Å². The van der Waals surface area contributed by atoms with Gasteiger partial charge in [-0.05, 0) is 80.4 Å². The lowest BCUT2D eigenvalue weighted by Gasteiger charge is -2.36. The van der Waals surface area contributed by atoms with Gasteiger partial charge in [0.15, 0.2) is 5.79 Å². The molecule has 8 heteroatoms. The summed E-state index contributed by atoms with van der Waals surface area (Å²) >= 11 is 12.4. The molecule has 2 heterocycles. The smallest absolute Gasteiger partial charge is 0.194 e.